The largest absolute Gasteiger partial charge is 0.756 e. The molecule has 0 fully saturated rings. The lowest BCUT2D eigenvalue weighted by atomic mass is 10.0. The van der Waals surface area contributed by atoms with Crippen molar-refractivity contribution in [2.75, 3.05) is 47.5 Å². The number of nitrogens with zero attached hydrogens (tertiary/aromatic N) is 1. The number of esters is 2. The van der Waals surface area contributed by atoms with Gasteiger partial charge < -0.3 is 27.9 Å². The maximum atomic E-state index is 12.8. The Hall–Kier alpha value is -3.07. The van der Waals surface area contributed by atoms with Crippen LogP contribution >= 0.6 is 7.82 Å². The predicted molar refractivity (Wildman–Crippen MR) is 314 cm³/mol. The number of allylic oxidation sites excluding steroid dienone is 16. The molecule has 0 saturated carbocycles. The summed E-state index contributed by atoms with van der Waals surface area (Å²) in [6, 6.07) is 0. The van der Waals surface area contributed by atoms with Crippen LogP contribution in [0.3, 0.4) is 0 Å². The van der Waals surface area contributed by atoms with Crippen LogP contribution in [0, 0.1) is 0 Å². The van der Waals surface area contributed by atoms with Crippen molar-refractivity contribution in [3.8, 4) is 0 Å². The zero-order valence-electron chi connectivity index (χ0n) is 48.3. The lowest BCUT2D eigenvalue weighted by Crippen LogP contribution is -2.37. The van der Waals surface area contributed by atoms with Gasteiger partial charge in [0.2, 0.25) is 0 Å². The quantitative estimate of drug-likeness (QED) is 0.0195. The number of hydrogen-bond acceptors (Lipinski definition) is 8. The summed E-state index contributed by atoms with van der Waals surface area (Å²) in [5.74, 6) is -0.851. The number of carbonyl (C=O) groups is 2. The maximum absolute atomic E-state index is 12.8. The lowest BCUT2D eigenvalue weighted by Gasteiger charge is -2.28. The molecule has 0 aromatic carbocycles. The fourth-order valence-corrected chi connectivity index (χ4v) is 8.78. The summed E-state index contributed by atoms with van der Waals surface area (Å²) in [7, 11) is 1.15. The maximum Gasteiger partial charge on any atom is 0.306 e. The van der Waals surface area contributed by atoms with Gasteiger partial charge in [0.25, 0.3) is 7.82 Å². The standard InChI is InChI=1S/C64H112NO8P/c1-6-8-10-12-14-16-18-20-22-23-24-25-26-27-28-29-30-31-32-33-34-35-36-37-38-39-40-41-43-45-47-49-51-53-55-57-64(67)73-62(61-72-74(68,69)71-59-58-65(3,4)5)60-70-63(66)56-54-52-50-48-46-44-42-21-19-17-15-13-11-9-7-2/h8-11,14-17,20-22,24-25,27-28,42,62H,6-7,12-13,18-19,23,26,29-41,43-61H2,1-5H3/b10-8-,11-9-,16-14-,17-15-,22-20-,25-24-,28-27-,42-21-. The van der Waals surface area contributed by atoms with E-state index in [1.165, 1.54) is 103 Å². The molecule has 0 aromatic heterocycles. The van der Waals surface area contributed by atoms with Gasteiger partial charge in [0.05, 0.1) is 27.7 Å². The van der Waals surface area contributed by atoms with E-state index < -0.39 is 32.5 Å². The highest BCUT2D eigenvalue weighted by molar-refractivity contribution is 7.45. The average molecular weight is 1050 g/mol. The van der Waals surface area contributed by atoms with E-state index in [9.17, 15) is 19.0 Å². The van der Waals surface area contributed by atoms with Crippen molar-refractivity contribution >= 4 is 19.8 Å². The van der Waals surface area contributed by atoms with Gasteiger partial charge in [0.1, 0.15) is 19.8 Å². The van der Waals surface area contributed by atoms with Crippen LogP contribution in [-0.4, -0.2) is 70.0 Å². The second kappa shape index (κ2) is 54.7. The Bertz CT molecular complexity index is 1570. The third kappa shape index (κ3) is 58.2. The Labute approximate surface area is 455 Å². The van der Waals surface area contributed by atoms with E-state index in [1.807, 2.05) is 21.1 Å². The SMILES string of the molecule is CC/C=C\C/C=C\C/C=C\C/C=C\C/C=C\CCCCCCCCCCCCCCCCCCCCCC(=O)OC(COC(=O)CCCCCCC/C=C\C/C=C\C/C=C\CC)COP(=O)([O-])OCC[N+](C)(C)C. The minimum absolute atomic E-state index is 0.0365. The van der Waals surface area contributed by atoms with Crippen LogP contribution in [0.1, 0.15) is 245 Å². The van der Waals surface area contributed by atoms with E-state index in [4.69, 9.17) is 18.5 Å². The normalized spacial score (nSPS) is 14.0. The summed E-state index contributed by atoms with van der Waals surface area (Å²) in [4.78, 5) is 37.8. The van der Waals surface area contributed by atoms with Crippen LogP contribution in [0.15, 0.2) is 97.2 Å². The van der Waals surface area contributed by atoms with Crippen molar-refractivity contribution in [1.29, 1.82) is 0 Å². The summed E-state index contributed by atoms with van der Waals surface area (Å²) in [5.41, 5.74) is 0. The molecule has 426 valence electrons. The van der Waals surface area contributed by atoms with Crippen LogP contribution < -0.4 is 4.89 Å². The molecule has 0 rings (SSSR count). The van der Waals surface area contributed by atoms with Crippen LogP contribution in [0.5, 0.6) is 0 Å². The molecule has 9 nitrogen and oxygen atoms in total. The van der Waals surface area contributed by atoms with Crippen LogP contribution in [0.4, 0.5) is 0 Å². The van der Waals surface area contributed by atoms with E-state index in [-0.39, 0.29) is 26.1 Å². The Kier molecular flexibility index (Phi) is 52.4. The smallest absolute Gasteiger partial charge is 0.306 e. The third-order valence-electron chi connectivity index (χ3n) is 12.6. The minimum Gasteiger partial charge on any atom is -0.756 e. The average Bonchev–Trinajstić information content (AvgIpc) is 3.36. The number of hydrogen-bond donors (Lipinski definition) is 0. The first kappa shape index (κ1) is 70.9. The van der Waals surface area contributed by atoms with Crippen molar-refractivity contribution < 1.29 is 42.1 Å². The Morgan fingerprint density at radius 1 is 0.419 bits per heavy atom. The van der Waals surface area contributed by atoms with E-state index in [2.05, 4.69) is 111 Å². The highest BCUT2D eigenvalue weighted by atomic mass is 31.2. The first-order valence-electron chi connectivity index (χ1n) is 29.9. The molecule has 0 spiro atoms. The van der Waals surface area contributed by atoms with Crippen molar-refractivity contribution in [2.45, 2.75) is 251 Å². The van der Waals surface area contributed by atoms with Gasteiger partial charge >= 0.3 is 11.9 Å². The van der Waals surface area contributed by atoms with Crippen molar-refractivity contribution in [3.05, 3.63) is 97.2 Å². The molecule has 0 amide bonds. The molecule has 10 heteroatoms. The predicted octanol–water partition coefficient (Wildman–Crippen LogP) is 18.2. The summed E-state index contributed by atoms with van der Waals surface area (Å²) in [6.07, 6.45) is 74.7. The molecule has 74 heavy (non-hydrogen) atoms. The van der Waals surface area contributed by atoms with Gasteiger partial charge in [-0.25, -0.2) is 0 Å². The number of phosphoric ester groups is 1. The van der Waals surface area contributed by atoms with Crippen molar-refractivity contribution in [1.82, 2.24) is 0 Å². The molecule has 0 bridgehead atoms. The van der Waals surface area contributed by atoms with Gasteiger partial charge in [-0.05, 0) is 89.9 Å². The Morgan fingerprint density at radius 2 is 0.730 bits per heavy atom. The molecular weight excluding hydrogens is 942 g/mol. The Balaban J connectivity index is 4.03. The molecule has 0 aliphatic heterocycles. The first-order chi connectivity index (χ1) is 36.0. The molecule has 0 radical (unpaired) electrons. The zero-order valence-corrected chi connectivity index (χ0v) is 49.2. The highest BCUT2D eigenvalue weighted by Gasteiger charge is 2.22. The van der Waals surface area contributed by atoms with Gasteiger partial charge in [-0.15, -0.1) is 0 Å². The van der Waals surface area contributed by atoms with E-state index in [0.717, 1.165) is 103 Å². The van der Waals surface area contributed by atoms with Crippen LogP contribution in [-0.2, 0) is 32.7 Å². The van der Waals surface area contributed by atoms with Crippen molar-refractivity contribution in [2.24, 2.45) is 0 Å². The molecule has 0 aliphatic carbocycles. The molecule has 2 atom stereocenters. The fourth-order valence-electron chi connectivity index (χ4n) is 8.05. The molecule has 2 unspecified atom stereocenters. The van der Waals surface area contributed by atoms with Gasteiger partial charge in [-0.2, -0.15) is 0 Å². The number of carbonyl (C=O) groups excluding carboxylic acids is 2. The van der Waals surface area contributed by atoms with Gasteiger partial charge in [0, 0.05) is 12.8 Å². The number of rotatable bonds is 54. The lowest BCUT2D eigenvalue weighted by molar-refractivity contribution is -0.870. The minimum atomic E-state index is -4.64. The fraction of sp³-hybridized carbons (Fsp3) is 0.719. The number of ether oxygens (including phenoxy) is 2. The molecule has 0 N–H and O–H groups in total. The van der Waals surface area contributed by atoms with Crippen molar-refractivity contribution in [3.63, 3.8) is 0 Å². The van der Waals surface area contributed by atoms with E-state index >= 15 is 0 Å². The molecule has 0 aliphatic rings. The zero-order chi connectivity index (χ0) is 54.2. The van der Waals surface area contributed by atoms with E-state index in [0.29, 0.717) is 23.9 Å². The topological polar surface area (TPSA) is 111 Å². The van der Waals surface area contributed by atoms with Gasteiger partial charge in [0.15, 0.2) is 6.10 Å². The van der Waals surface area contributed by atoms with Gasteiger partial charge in [-0.3, -0.25) is 14.2 Å². The number of quaternary nitrogens is 1. The monoisotopic (exact) mass is 1050 g/mol. The van der Waals surface area contributed by atoms with Gasteiger partial charge in [-0.1, -0.05) is 239 Å². The molecule has 0 saturated heterocycles. The van der Waals surface area contributed by atoms with Crippen LogP contribution in [0.2, 0.25) is 0 Å². The number of phosphoric acid groups is 1. The first-order valence-corrected chi connectivity index (χ1v) is 31.4. The number of unbranched alkanes of at least 4 members (excludes halogenated alkanes) is 24. The molecule has 0 heterocycles. The Morgan fingerprint density at radius 3 is 1.08 bits per heavy atom. The second-order valence-corrected chi connectivity index (χ2v) is 22.4. The highest BCUT2D eigenvalue weighted by Crippen LogP contribution is 2.38. The number of likely N-dealkylation sites (N-methyl/N-ethyl adjacent to an activating group) is 1. The molecular formula is C64H112NO8P. The molecule has 0 aromatic rings. The summed E-state index contributed by atoms with van der Waals surface area (Å²) < 4.78 is 34.1. The second-order valence-electron chi connectivity index (χ2n) is 20.9. The summed E-state index contributed by atoms with van der Waals surface area (Å²) in [5, 5.41) is 0. The van der Waals surface area contributed by atoms with E-state index in [1.54, 1.807) is 0 Å². The van der Waals surface area contributed by atoms with Crippen LogP contribution in [0.25, 0.3) is 0 Å². The third-order valence-corrected chi connectivity index (χ3v) is 13.6. The summed E-state index contributed by atoms with van der Waals surface area (Å²) in [6.45, 7) is 4.00. The summed E-state index contributed by atoms with van der Waals surface area (Å²) >= 11 is 0.